The van der Waals surface area contributed by atoms with Gasteiger partial charge in [-0.3, -0.25) is 0 Å². The van der Waals surface area contributed by atoms with Crippen LogP contribution in [-0.4, -0.2) is 8.07 Å². The predicted molar refractivity (Wildman–Crippen MR) is 114 cm³/mol. The van der Waals surface area contributed by atoms with Crippen molar-refractivity contribution in [3.63, 3.8) is 0 Å². The van der Waals surface area contributed by atoms with Crippen LogP contribution in [0.1, 0.15) is 82.1 Å². The maximum absolute atomic E-state index is 2.52. The second-order valence-electron chi connectivity index (χ2n) is 10.7. The molecule has 0 amide bonds. The molecule has 3 aliphatic rings. The van der Waals surface area contributed by atoms with Crippen LogP contribution in [0.15, 0.2) is 39.3 Å². The average Bonchev–Trinajstić information content (AvgIpc) is 3.05. The third kappa shape index (κ3) is 3.94. The summed E-state index contributed by atoms with van der Waals surface area (Å²) in [4.78, 5) is 0. The average molecular weight is 604 g/mol. The Hall–Kier alpha value is 0.627. The van der Waals surface area contributed by atoms with Crippen molar-refractivity contribution in [2.45, 2.75) is 94.2 Å². The van der Waals surface area contributed by atoms with E-state index in [0.29, 0.717) is 10.8 Å². The zero-order chi connectivity index (χ0) is 19.7. The summed E-state index contributed by atoms with van der Waals surface area (Å²) in [6.45, 7) is 24.9. The van der Waals surface area contributed by atoms with E-state index in [1.165, 1.54) is 24.9 Å². The molecule has 0 nitrogen and oxygen atoms in total. The van der Waals surface area contributed by atoms with Crippen LogP contribution in [0, 0.1) is 10.8 Å². The monoisotopic (exact) mass is 604 g/mol. The Morgan fingerprint density at radius 2 is 1.04 bits per heavy atom. The molecule has 1 heterocycles. The molecule has 0 N–H and O–H groups in total. The zero-order valence-electron chi connectivity index (χ0n) is 19.6. The van der Waals surface area contributed by atoms with Crippen molar-refractivity contribution in [1.82, 2.24) is 0 Å². The normalized spacial score (nSPS) is 21.1. The Morgan fingerprint density at radius 1 is 0.714 bits per heavy atom. The SMILES string of the molecule is CC[Si]1(CC)C2=C(C(C)(C)C)C[C](=C2C)[Hf+2][C]2=C(C)C1=C(C(C)(C)C)C2.[Cl-].[Cl-]. The summed E-state index contributed by atoms with van der Waals surface area (Å²) in [5.41, 5.74) is 7.85. The minimum absolute atomic E-state index is 0. The van der Waals surface area contributed by atoms with Gasteiger partial charge in [-0.25, -0.2) is 0 Å². The Bertz CT molecular complexity index is 716. The van der Waals surface area contributed by atoms with Crippen LogP contribution in [0.25, 0.3) is 0 Å². The Labute approximate surface area is 199 Å². The molecule has 1 aliphatic heterocycles. The minimum Gasteiger partial charge on any atom is -1.00 e. The van der Waals surface area contributed by atoms with Crippen molar-refractivity contribution in [3.05, 3.63) is 39.3 Å². The molecule has 0 atom stereocenters. The summed E-state index contributed by atoms with van der Waals surface area (Å²) in [6, 6.07) is 2.74. The first kappa shape index (κ1) is 26.7. The fourth-order valence-electron chi connectivity index (χ4n) is 5.67. The van der Waals surface area contributed by atoms with Gasteiger partial charge < -0.3 is 24.8 Å². The Balaban J connectivity index is 0.00000196. The van der Waals surface area contributed by atoms with Crippen LogP contribution in [-0.2, 0) is 22.9 Å². The first-order chi connectivity index (χ1) is 11.9. The van der Waals surface area contributed by atoms with E-state index >= 15 is 0 Å². The molecule has 3 rings (SSSR count). The largest absolute Gasteiger partial charge is 1.00 e. The van der Waals surface area contributed by atoms with Crippen molar-refractivity contribution in [3.8, 4) is 0 Å². The van der Waals surface area contributed by atoms with Crippen molar-refractivity contribution in [2.24, 2.45) is 10.8 Å². The van der Waals surface area contributed by atoms with Gasteiger partial charge in [-0.05, 0) is 0 Å². The fourth-order valence-corrected chi connectivity index (χ4v) is 18.0. The molecule has 0 aromatic heterocycles. The van der Waals surface area contributed by atoms with Crippen LogP contribution in [0.3, 0.4) is 0 Å². The standard InChI is InChI=1S/C24H38Si.2ClH.Hf/c1-11-25(12-2,21-17(3)13-15-19(21)23(5,6)7)22-18(4)14-16-20(22)24(8,9)10;;;/h11-12,15-16H2,1-10H3;2*1H;/q;;;+2/p-2. The molecular formula is C24H38Cl2HfSi. The van der Waals surface area contributed by atoms with Crippen LogP contribution in [0.4, 0.5) is 0 Å². The summed E-state index contributed by atoms with van der Waals surface area (Å²) in [6.07, 6.45) is 2.66. The topological polar surface area (TPSA) is 0 Å². The first-order valence-electron chi connectivity index (χ1n) is 10.5. The smallest absolute Gasteiger partial charge is 1.00 e. The quantitative estimate of drug-likeness (QED) is 0.422. The van der Waals surface area contributed by atoms with Gasteiger partial charge in [0.25, 0.3) is 0 Å². The van der Waals surface area contributed by atoms with E-state index in [1.54, 1.807) is 11.1 Å². The van der Waals surface area contributed by atoms with E-state index in [1.807, 2.05) is 28.2 Å². The maximum atomic E-state index is 2.52. The zero-order valence-corrected chi connectivity index (χ0v) is 25.7. The molecule has 4 bridgehead atoms. The van der Waals surface area contributed by atoms with E-state index < -0.39 is 31.0 Å². The maximum Gasteiger partial charge on any atom is -1.00 e. The van der Waals surface area contributed by atoms with Crippen LogP contribution < -0.4 is 24.8 Å². The van der Waals surface area contributed by atoms with Crippen molar-refractivity contribution >= 4 is 8.07 Å². The molecule has 0 spiro atoms. The van der Waals surface area contributed by atoms with E-state index in [2.05, 4.69) is 69.2 Å². The number of hydrogen-bond donors (Lipinski definition) is 0. The van der Waals surface area contributed by atoms with E-state index in [9.17, 15) is 0 Å². The van der Waals surface area contributed by atoms with Crippen molar-refractivity contribution in [2.75, 3.05) is 0 Å². The molecule has 4 heteroatoms. The van der Waals surface area contributed by atoms with Crippen LogP contribution in [0.5, 0.6) is 0 Å². The van der Waals surface area contributed by atoms with Gasteiger partial charge in [-0.1, -0.05) is 0 Å². The number of allylic oxidation sites excluding steroid dienone is 8. The van der Waals surface area contributed by atoms with Gasteiger partial charge in [0.1, 0.15) is 0 Å². The minimum atomic E-state index is -1.69. The molecule has 2 aliphatic carbocycles. The third-order valence-electron chi connectivity index (χ3n) is 7.24. The van der Waals surface area contributed by atoms with Gasteiger partial charge in [0.05, 0.1) is 0 Å². The second-order valence-corrected chi connectivity index (χ2v) is 20.5. The van der Waals surface area contributed by atoms with Gasteiger partial charge in [0.2, 0.25) is 0 Å². The molecule has 0 fully saturated rings. The number of fused-ring (bicyclic) bond motifs is 2. The molecule has 0 saturated heterocycles. The Kier molecular flexibility index (Phi) is 8.22. The van der Waals surface area contributed by atoms with Gasteiger partial charge in [-0.2, -0.15) is 0 Å². The van der Waals surface area contributed by atoms with Gasteiger partial charge in [0.15, 0.2) is 0 Å². The molecule has 0 aromatic rings. The van der Waals surface area contributed by atoms with E-state index in [4.69, 9.17) is 0 Å². The number of halogens is 2. The summed E-state index contributed by atoms with van der Waals surface area (Å²) in [5.74, 6) is 0. The summed E-state index contributed by atoms with van der Waals surface area (Å²) >= 11 is -0.878. The summed E-state index contributed by atoms with van der Waals surface area (Å²) in [5, 5.41) is 3.82. The second kappa shape index (κ2) is 8.64. The van der Waals surface area contributed by atoms with E-state index in [-0.39, 0.29) is 24.8 Å². The van der Waals surface area contributed by atoms with Crippen LogP contribution >= 0.6 is 0 Å². The summed E-state index contributed by atoms with van der Waals surface area (Å²) in [7, 11) is -1.69. The molecule has 156 valence electrons. The van der Waals surface area contributed by atoms with E-state index in [0.717, 1.165) is 0 Å². The molecule has 28 heavy (non-hydrogen) atoms. The Morgan fingerprint density at radius 3 is 1.29 bits per heavy atom. The molecule has 0 aromatic carbocycles. The first-order valence-corrected chi connectivity index (χ1v) is 16.5. The molecule has 0 radical (unpaired) electrons. The van der Waals surface area contributed by atoms with Crippen molar-refractivity contribution < 1.29 is 47.7 Å². The number of hydrogen-bond acceptors (Lipinski definition) is 0. The number of rotatable bonds is 2. The molecule has 0 saturated carbocycles. The van der Waals surface area contributed by atoms with Gasteiger partial charge in [0, 0.05) is 0 Å². The third-order valence-corrected chi connectivity index (χ3v) is 19.1. The molecular weight excluding hydrogens is 566 g/mol. The van der Waals surface area contributed by atoms with Gasteiger partial charge in [-0.15, -0.1) is 0 Å². The van der Waals surface area contributed by atoms with Crippen LogP contribution in [0.2, 0.25) is 12.1 Å². The molecule has 0 unspecified atom stereocenters. The summed E-state index contributed by atoms with van der Waals surface area (Å²) < 4.78 is 3.87. The predicted octanol–water partition coefficient (Wildman–Crippen LogP) is 1.70. The van der Waals surface area contributed by atoms with Crippen molar-refractivity contribution in [1.29, 1.82) is 0 Å². The fraction of sp³-hybridized carbons (Fsp3) is 0.667. The van der Waals surface area contributed by atoms with Gasteiger partial charge >= 0.3 is 175 Å².